The first kappa shape index (κ1) is 17.7. The summed E-state index contributed by atoms with van der Waals surface area (Å²) in [4.78, 5) is 8.59. The van der Waals surface area contributed by atoms with Gasteiger partial charge in [0.15, 0.2) is 0 Å². The predicted molar refractivity (Wildman–Crippen MR) is 103 cm³/mol. The van der Waals surface area contributed by atoms with Gasteiger partial charge in [-0.2, -0.15) is 0 Å². The van der Waals surface area contributed by atoms with E-state index in [1.807, 2.05) is 12.4 Å². The lowest BCUT2D eigenvalue weighted by Gasteiger charge is -2.28. The Balaban J connectivity index is 1.60. The minimum atomic E-state index is 0.593. The van der Waals surface area contributed by atoms with E-state index in [1.54, 1.807) is 0 Å². The quantitative estimate of drug-likeness (QED) is 0.690. The maximum Gasteiger partial charge on any atom is 0.205 e. The normalized spacial score (nSPS) is 19.9. The third-order valence-corrected chi connectivity index (χ3v) is 5.36. The molecule has 1 aliphatic rings. The molecule has 1 aliphatic carbocycles. The number of hydrogen-bond donors (Lipinski definition) is 0. The van der Waals surface area contributed by atoms with Gasteiger partial charge in [-0.15, -0.1) is 0 Å². The van der Waals surface area contributed by atoms with E-state index < -0.39 is 0 Å². The fourth-order valence-electron chi connectivity index (χ4n) is 3.76. The number of nitrogens with zero attached hydrogens (tertiary/aromatic N) is 2. The zero-order valence-corrected chi connectivity index (χ0v) is 15.5. The van der Waals surface area contributed by atoms with Crippen molar-refractivity contribution in [2.75, 3.05) is 0 Å². The van der Waals surface area contributed by atoms with E-state index in [2.05, 4.69) is 59.9 Å². The average molecular weight is 332 g/mol. The van der Waals surface area contributed by atoms with Gasteiger partial charge in [0.25, 0.3) is 0 Å². The van der Waals surface area contributed by atoms with E-state index in [0.29, 0.717) is 5.82 Å². The Hall–Kier alpha value is -2.14. The van der Waals surface area contributed by atoms with Crippen LogP contribution in [0.4, 0.5) is 0 Å². The van der Waals surface area contributed by atoms with Crippen molar-refractivity contribution in [1.82, 2.24) is 9.97 Å². The molecule has 0 spiro atoms. The van der Waals surface area contributed by atoms with E-state index in [4.69, 9.17) is 0 Å². The standard InChI is InChI=1S/C23H28N2/c1-3-5-19-6-11-21(12-7-19)22-13-8-20(9-14-22)10-15-23-24-16-18(4-2)17-25-23/h8-9,13-14,16-17,19,21H,3-7,11-12H2,1-2H3/t19-,21-. The average Bonchev–Trinajstić information content (AvgIpc) is 2.68. The van der Waals surface area contributed by atoms with Crippen molar-refractivity contribution in [3.05, 3.63) is 59.2 Å². The molecule has 0 N–H and O–H groups in total. The molecule has 1 heterocycles. The number of benzene rings is 1. The molecule has 2 heteroatoms. The van der Waals surface area contributed by atoms with Gasteiger partial charge in [0.05, 0.1) is 0 Å². The monoisotopic (exact) mass is 332 g/mol. The second-order valence-electron chi connectivity index (χ2n) is 7.15. The molecular weight excluding hydrogens is 304 g/mol. The highest BCUT2D eigenvalue weighted by atomic mass is 14.8. The predicted octanol–water partition coefficient (Wildman–Crippen LogP) is 5.51. The molecule has 2 nitrogen and oxygen atoms in total. The van der Waals surface area contributed by atoms with E-state index in [0.717, 1.165) is 29.4 Å². The molecule has 0 unspecified atom stereocenters. The fourth-order valence-corrected chi connectivity index (χ4v) is 3.76. The van der Waals surface area contributed by atoms with Crippen LogP contribution >= 0.6 is 0 Å². The van der Waals surface area contributed by atoms with Crippen LogP contribution in [-0.2, 0) is 6.42 Å². The Labute approximate surface area is 152 Å². The van der Waals surface area contributed by atoms with Gasteiger partial charge < -0.3 is 0 Å². The summed E-state index contributed by atoms with van der Waals surface area (Å²) in [5.74, 6) is 8.53. The highest BCUT2D eigenvalue weighted by molar-refractivity contribution is 5.40. The van der Waals surface area contributed by atoms with Crippen LogP contribution in [0.1, 0.15) is 80.8 Å². The summed E-state index contributed by atoms with van der Waals surface area (Å²) in [5.41, 5.74) is 3.65. The maximum atomic E-state index is 4.29. The minimum Gasteiger partial charge on any atom is -0.229 e. The molecule has 0 radical (unpaired) electrons. The van der Waals surface area contributed by atoms with Crippen molar-refractivity contribution in [2.45, 2.75) is 64.7 Å². The van der Waals surface area contributed by atoms with Crippen molar-refractivity contribution >= 4 is 0 Å². The number of rotatable bonds is 4. The van der Waals surface area contributed by atoms with Crippen LogP contribution in [-0.4, -0.2) is 9.97 Å². The fraction of sp³-hybridized carbons (Fsp3) is 0.478. The largest absolute Gasteiger partial charge is 0.229 e. The van der Waals surface area contributed by atoms with Crippen LogP contribution in [0.25, 0.3) is 0 Å². The van der Waals surface area contributed by atoms with Crippen LogP contribution in [0.3, 0.4) is 0 Å². The lowest BCUT2D eigenvalue weighted by molar-refractivity contribution is 0.308. The van der Waals surface area contributed by atoms with Gasteiger partial charge in [0.2, 0.25) is 5.82 Å². The zero-order valence-electron chi connectivity index (χ0n) is 15.5. The Bertz CT molecular complexity index is 711. The van der Waals surface area contributed by atoms with E-state index in [9.17, 15) is 0 Å². The molecule has 1 saturated carbocycles. The molecule has 25 heavy (non-hydrogen) atoms. The molecular formula is C23H28N2. The van der Waals surface area contributed by atoms with Crippen LogP contribution in [0.15, 0.2) is 36.7 Å². The topological polar surface area (TPSA) is 25.8 Å². The highest BCUT2D eigenvalue weighted by Gasteiger charge is 2.21. The lowest BCUT2D eigenvalue weighted by Crippen LogP contribution is -2.13. The summed E-state index contributed by atoms with van der Waals surface area (Å²) >= 11 is 0. The molecule has 1 aromatic heterocycles. The Morgan fingerprint density at radius 1 is 0.920 bits per heavy atom. The van der Waals surface area contributed by atoms with E-state index in [-0.39, 0.29) is 0 Å². The van der Waals surface area contributed by atoms with Crippen LogP contribution < -0.4 is 0 Å². The van der Waals surface area contributed by atoms with Gasteiger partial charge in [-0.05, 0) is 73.1 Å². The summed E-state index contributed by atoms with van der Waals surface area (Å²) in [6, 6.07) is 8.80. The number of aryl methyl sites for hydroxylation is 1. The van der Waals surface area contributed by atoms with Gasteiger partial charge in [-0.1, -0.05) is 44.7 Å². The number of hydrogen-bond acceptors (Lipinski definition) is 2. The molecule has 2 aromatic rings. The van der Waals surface area contributed by atoms with Gasteiger partial charge in [-0.25, -0.2) is 9.97 Å². The van der Waals surface area contributed by atoms with Crippen molar-refractivity contribution in [3.63, 3.8) is 0 Å². The Morgan fingerprint density at radius 3 is 2.20 bits per heavy atom. The Kier molecular flexibility index (Phi) is 6.23. The van der Waals surface area contributed by atoms with Gasteiger partial charge >= 0.3 is 0 Å². The Morgan fingerprint density at radius 2 is 1.60 bits per heavy atom. The van der Waals surface area contributed by atoms with Crippen molar-refractivity contribution in [3.8, 4) is 11.8 Å². The molecule has 0 amide bonds. The maximum absolute atomic E-state index is 4.29. The summed E-state index contributed by atoms with van der Waals surface area (Å²) in [6.45, 7) is 4.40. The molecule has 130 valence electrons. The van der Waals surface area contributed by atoms with Crippen LogP contribution in [0.5, 0.6) is 0 Å². The third-order valence-electron chi connectivity index (χ3n) is 5.36. The minimum absolute atomic E-state index is 0.593. The van der Waals surface area contributed by atoms with Crippen molar-refractivity contribution < 1.29 is 0 Å². The second kappa shape index (κ2) is 8.81. The smallest absolute Gasteiger partial charge is 0.205 e. The summed E-state index contributed by atoms with van der Waals surface area (Å²) in [7, 11) is 0. The highest BCUT2D eigenvalue weighted by Crippen LogP contribution is 2.37. The molecule has 1 fully saturated rings. The second-order valence-corrected chi connectivity index (χ2v) is 7.15. The van der Waals surface area contributed by atoms with Crippen LogP contribution in [0, 0.1) is 17.8 Å². The summed E-state index contributed by atoms with van der Waals surface area (Å²) in [5, 5.41) is 0. The third kappa shape index (κ3) is 4.92. The molecule has 3 rings (SSSR count). The van der Waals surface area contributed by atoms with Gasteiger partial charge in [0.1, 0.15) is 0 Å². The SMILES string of the molecule is CCC[C@H]1CC[C@H](c2ccc(C#Cc3ncc(CC)cn3)cc2)CC1. The van der Waals surface area contributed by atoms with Gasteiger partial charge in [0, 0.05) is 18.0 Å². The zero-order chi connectivity index (χ0) is 17.5. The molecule has 0 saturated heterocycles. The summed E-state index contributed by atoms with van der Waals surface area (Å²) in [6.07, 6.45) is 12.9. The van der Waals surface area contributed by atoms with E-state index >= 15 is 0 Å². The van der Waals surface area contributed by atoms with Crippen molar-refractivity contribution in [2.24, 2.45) is 5.92 Å². The first-order valence-electron chi connectivity index (χ1n) is 9.71. The summed E-state index contributed by atoms with van der Waals surface area (Å²) < 4.78 is 0. The van der Waals surface area contributed by atoms with Crippen LogP contribution in [0.2, 0.25) is 0 Å². The van der Waals surface area contributed by atoms with Gasteiger partial charge in [-0.3, -0.25) is 0 Å². The van der Waals surface area contributed by atoms with Crippen molar-refractivity contribution in [1.29, 1.82) is 0 Å². The molecule has 0 aliphatic heterocycles. The molecule has 1 aromatic carbocycles. The molecule has 0 atom stereocenters. The first-order valence-corrected chi connectivity index (χ1v) is 9.71. The van der Waals surface area contributed by atoms with E-state index in [1.165, 1.54) is 44.1 Å². The molecule has 0 bridgehead atoms. The number of aromatic nitrogens is 2. The first-order chi connectivity index (χ1) is 12.3. The lowest BCUT2D eigenvalue weighted by atomic mass is 9.77.